The highest BCUT2D eigenvalue weighted by Crippen LogP contribution is 2.29. The fourth-order valence-corrected chi connectivity index (χ4v) is 2.77. The Hall–Kier alpha value is -0.0400. The zero-order chi connectivity index (χ0) is 9.14. The Kier molecular flexibility index (Phi) is 3.57. The molecule has 0 heterocycles. The minimum absolute atomic E-state index is 0.373. The molecule has 1 rings (SSSR count). The van der Waals surface area contributed by atoms with Crippen LogP contribution >= 0.6 is 43.5 Å². The summed E-state index contributed by atoms with van der Waals surface area (Å²) in [6.45, 7) is 0. The van der Waals surface area contributed by atoms with E-state index in [-0.39, 0.29) is 0 Å². The van der Waals surface area contributed by atoms with Gasteiger partial charge in [-0.15, -0.1) is 0 Å². The molecule has 0 spiro atoms. The Bertz CT molecular complexity index is 320. The predicted molar refractivity (Wildman–Crippen MR) is 56.2 cm³/mol. The lowest BCUT2D eigenvalue weighted by Crippen LogP contribution is -1.86. The molecule has 0 aromatic heterocycles. The third-order valence-electron chi connectivity index (χ3n) is 1.36. The van der Waals surface area contributed by atoms with E-state index in [0.29, 0.717) is 11.4 Å². The van der Waals surface area contributed by atoms with Gasteiger partial charge in [0.15, 0.2) is 0 Å². The third kappa shape index (κ3) is 2.22. The number of nitriles is 1. The van der Waals surface area contributed by atoms with Gasteiger partial charge in [0, 0.05) is 14.0 Å². The van der Waals surface area contributed by atoms with Crippen molar-refractivity contribution in [3.8, 4) is 6.07 Å². The normalized spacial score (nSPS) is 9.50. The summed E-state index contributed by atoms with van der Waals surface area (Å²) in [6, 6.07) is 5.64. The van der Waals surface area contributed by atoms with Gasteiger partial charge in [-0.1, -0.05) is 43.5 Å². The van der Waals surface area contributed by atoms with Crippen molar-refractivity contribution in [3.05, 3.63) is 31.7 Å². The monoisotopic (exact) mass is 307 g/mol. The molecular weight excluding hydrogens is 305 g/mol. The molecule has 0 aliphatic carbocycles. The lowest BCUT2D eigenvalue weighted by atomic mass is 10.2. The van der Waals surface area contributed by atoms with Gasteiger partial charge < -0.3 is 0 Å². The fourth-order valence-electron chi connectivity index (χ4n) is 0.820. The molecule has 0 bridgehead atoms. The molecule has 0 saturated heterocycles. The molecule has 0 aliphatic heterocycles. The van der Waals surface area contributed by atoms with Crippen molar-refractivity contribution < 1.29 is 0 Å². The summed E-state index contributed by atoms with van der Waals surface area (Å²) in [4.78, 5) is 0. The molecule has 0 fully saturated rings. The first kappa shape index (κ1) is 10.0. The average Bonchev–Trinajstić information content (AvgIpc) is 1.96. The molecule has 0 saturated carbocycles. The number of hydrogen-bond donors (Lipinski definition) is 0. The maximum atomic E-state index is 8.51. The van der Waals surface area contributed by atoms with Crippen LogP contribution in [-0.4, -0.2) is 0 Å². The molecule has 0 radical (unpaired) electrons. The summed E-state index contributed by atoms with van der Waals surface area (Å²) in [6.07, 6.45) is 0.373. The first-order valence-corrected chi connectivity index (χ1v) is 5.12. The van der Waals surface area contributed by atoms with E-state index < -0.39 is 0 Å². The van der Waals surface area contributed by atoms with Crippen molar-refractivity contribution in [2.24, 2.45) is 0 Å². The smallest absolute Gasteiger partial charge is 0.0670 e. The number of benzene rings is 1. The highest BCUT2D eigenvalue weighted by Gasteiger charge is 2.05. The lowest BCUT2D eigenvalue weighted by molar-refractivity contribution is 1.23. The number of rotatable bonds is 1. The number of hydrogen-bond acceptors (Lipinski definition) is 1. The van der Waals surface area contributed by atoms with E-state index in [1.54, 1.807) is 12.1 Å². The van der Waals surface area contributed by atoms with Gasteiger partial charge in [-0.3, -0.25) is 0 Å². The summed E-state index contributed by atoms with van der Waals surface area (Å²) in [7, 11) is 0. The van der Waals surface area contributed by atoms with Gasteiger partial charge in [-0.05, 0) is 17.7 Å². The van der Waals surface area contributed by atoms with Crippen molar-refractivity contribution >= 4 is 43.5 Å². The van der Waals surface area contributed by atoms with Crippen molar-refractivity contribution in [1.29, 1.82) is 5.26 Å². The number of halogens is 3. The molecular formula is C8H4Br2ClN. The Morgan fingerprint density at radius 2 is 1.83 bits per heavy atom. The van der Waals surface area contributed by atoms with Crippen LogP contribution in [0.4, 0.5) is 0 Å². The maximum Gasteiger partial charge on any atom is 0.0670 e. The summed E-state index contributed by atoms with van der Waals surface area (Å²) in [5.41, 5.74) is 0.932. The standard InChI is InChI=1S/C8H4Br2ClN/c9-7-3-5(11)4-8(10)6(7)1-2-12/h3-4H,1H2. The quantitative estimate of drug-likeness (QED) is 0.771. The van der Waals surface area contributed by atoms with Crippen LogP contribution in [0.2, 0.25) is 5.02 Å². The van der Waals surface area contributed by atoms with Gasteiger partial charge in [-0.2, -0.15) is 5.26 Å². The Morgan fingerprint density at radius 1 is 1.33 bits per heavy atom. The minimum atomic E-state index is 0.373. The Labute approximate surface area is 92.6 Å². The zero-order valence-electron chi connectivity index (χ0n) is 5.94. The molecule has 0 atom stereocenters. The van der Waals surface area contributed by atoms with Gasteiger partial charge >= 0.3 is 0 Å². The summed E-state index contributed by atoms with van der Waals surface area (Å²) < 4.78 is 1.73. The molecule has 0 unspecified atom stereocenters. The Morgan fingerprint density at radius 3 is 2.25 bits per heavy atom. The van der Waals surface area contributed by atoms with Crippen LogP contribution < -0.4 is 0 Å². The van der Waals surface area contributed by atoms with Crippen LogP contribution in [0.5, 0.6) is 0 Å². The predicted octanol–water partition coefficient (Wildman–Crippen LogP) is 3.93. The van der Waals surface area contributed by atoms with Gasteiger partial charge in [0.2, 0.25) is 0 Å². The van der Waals surface area contributed by atoms with Crippen molar-refractivity contribution in [3.63, 3.8) is 0 Å². The topological polar surface area (TPSA) is 23.8 Å². The van der Waals surface area contributed by atoms with Gasteiger partial charge in [0.1, 0.15) is 0 Å². The minimum Gasteiger partial charge on any atom is -0.198 e. The van der Waals surface area contributed by atoms with Gasteiger partial charge in [0.05, 0.1) is 12.5 Å². The van der Waals surface area contributed by atoms with E-state index in [1.165, 1.54) is 0 Å². The SMILES string of the molecule is N#CCc1c(Br)cc(Cl)cc1Br. The van der Waals surface area contributed by atoms with Crippen LogP contribution in [0.1, 0.15) is 5.56 Å². The van der Waals surface area contributed by atoms with E-state index in [0.717, 1.165) is 14.5 Å². The fraction of sp³-hybridized carbons (Fsp3) is 0.125. The highest BCUT2D eigenvalue weighted by atomic mass is 79.9. The molecule has 12 heavy (non-hydrogen) atoms. The zero-order valence-corrected chi connectivity index (χ0v) is 9.87. The number of nitrogens with zero attached hydrogens (tertiary/aromatic N) is 1. The van der Waals surface area contributed by atoms with Crippen LogP contribution in [0.15, 0.2) is 21.1 Å². The summed E-state index contributed by atoms with van der Waals surface area (Å²) >= 11 is 12.4. The van der Waals surface area contributed by atoms with E-state index >= 15 is 0 Å². The first-order valence-electron chi connectivity index (χ1n) is 3.15. The molecule has 1 aromatic rings. The highest BCUT2D eigenvalue weighted by molar-refractivity contribution is 9.11. The van der Waals surface area contributed by atoms with Crippen molar-refractivity contribution in [2.45, 2.75) is 6.42 Å². The van der Waals surface area contributed by atoms with Crippen molar-refractivity contribution in [2.75, 3.05) is 0 Å². The van der Waals surface area contributed by atoms with E-state index in [9.17, 15) is 0 Å². The second-order valence-corrected chi connectivity index (χ2v) is 4.33. The third-order valence-corrected chi connectivity index (χ3v) is 2.99. The first-order chi connectivity index (χ1) is 5.65. The van der Waals surface area contributed by atoms with E-state index in [1.807, 2.05) is 0 Å². The molecule has 4 heteroatoms. The Balaban J connectivity index is 3.21. The van der Waals surface area contributed by atoms with Crippen LogP contribution in [0.25, 0.3) is 0 Å². The molecule has 62 valence electrons. The molecule has 0 amide bonds. The van der Waals surface area contributed by atoms with Crippen molar-refractivity contribution in [1.82, 2.24) is 0 Å². The van der Waals surface area contributed by atoms with Crippen LogP contribution in [-0.2, 0) is 6.42 Å². The average molecular weight is 309 g/mol. The summed E-state index contributed by atoms with van der Waals surface area (Å²) in [5, 5.41) is 9.16. The largest absolute Gasteiger partial charge is 0.198 e. The summed E-state index contributed by atoms with van der Waals surface area (Å²) in [5.74, 6) is 0. The second kappa shape index (κ2) is 4.27. The van der Waals surface area contributed by atoms with Crippen LogP contribution in [0, 0.1) is 11.3 Å². The lowest BCUT2D eigenvalue weighted by Gasteiger charge is -2.03. The van der Waals surface area contributed by atoms with Gasteiger partial charge in [0.25, 0.3) is 0 Å². The van der Waals surface area contributed by atoms with E-state index in [2.05, 4.69) is 37.9 Å². The van der Waals surface area contributed by atoms with Gasteiger partial charge in [-0.25, -0.2) is 0 Å². The van der Waals surface area contributed by atoms with E-state index in [4.69, 9.17) is 16.9 Å². The molecule has 1 aromatic carbocycles. The molecule has 0 aliphatic rings. The maximum absolute atomic E-state index is 8.51. The molecule has 0 N–H and O–H groups in total. The molecule has 1 nitrogen and oxygen atoms in total. The second-order valence-electron chi connectivity index (χ2n) is 2.18. The van der Waals surface area contributed by atoms with Crippen LogP contribution in [0.3, 0.4) is 0 Å².